The summed E-state index contributed by atoms with van der Waals surface area (Å²) in [6.45, 7) is 3.71. The molecule has 11 heteroatoms. The van der Waals surface area contributed by atoms with Gasteiger partial charge in [-0.15, -0.1) is 0 Å². The summed E-state index contributed by atoms with van der Waals surface area (Å²) in [5.41, 5.74) is 2.87. The van der Waals surface area contributed by atoms with Crippen molar-refractivity contribution in [2.45, 2.75) is 30.2 Å². The first-order chi connectivity index (χ1) is 16.7. The van der Waals surface area contributed by atoms with Gasteiger partial charge < -0.3 is 9.88 Å². The number of nitrogens with one attached hydrogen (secondary N) is 2. The number of fused-ring (bicyclic) bond motifs is 2. The second kappa shape index (κ2) is 8.47. The van der Waals surface area contributed by atoms with Crippen molar-refractivity contribution in [3.8, 4) is 0 Å². The van der Waals surface area contributed by atoms with Gasteiger partial charge in [-0.2, -0.15) is 5.10 Å². The van der Waals surface area contributed by atoms with Crippen molar-refractivity contribution in [1.82, 2.24) is 30.0 Å². The van der Waals surface area contributed by atoms with Crippen LogP contribution in [0.2, 0.25) is 5.02 Å². The van der Waals surface area contributed by atoms with Gasteiger partial charge in [0, 0.05) is 36.3 Å². The van der Waals surface area contributed by atoms with Crippen LogP contribution in [0.1, 0.15) is 27.6 Å². The highest BCUT2D eigenvalue weighted by Gasteiger charge is 2.27. The van der Waals surface area contributed by atoms with Gasteiger partial charge in [0.05, 0.1) is 32.0 Å². The Labute approximate surface area is 206 Å². The van der Waals surface area contributed by atoms with Crippen LogP contribution < -0.4 is 5.32 Å². The van der Waals surface area contributed by atoms with E-state index in [4.69, 9.17) is 11.6 Å². The van der Waals surface area contributed by atoms with E-state index in [2.05, 4.69) is 25.5 Å². The average Bonchev–Trinajstić information content (AvgIpc) is 3.42. The van der Waals surface area contributed by atoms with Crippen molar-refractivity contribution in [2.24, 2.45) is 7.05 Å². The number of rotatable bonds is 5. The molecule has 0 saturated heterocycles. The highest BCUT2D eigenvalue weighted by atomic mass is 35.5. The number of carbonyl (C=O) groups is 1. The third-order valence-corrected chi connectivity index (χ3v) is 8.22. The van der Waals surface area contributed by atoms with E-state index in [9.17, 15) is 13.2 Å². The summed E-state index contributed by atoms with van der Waals surface area (Å²) in [6.07, 6.45) is 3.25. The van der Waals surface area contributed by atoms with Crippen LogP contribution in [0.5, 0.6) is 0 Å². The lowest BCUT2D eigenvalue weighted by atomic mass is 10.1. The minimum atomic E-state index is -3.94. The molecule has 0 radical (unpaired) electrons. The monoisotopic (exact) mass is 508 g/mol. The van der Waals surface area contributed by atoms with Gasteiger partial charge in [0.15, 0.2) is 0 Å². The summed E-state index contributed by atoms with van der Waals surface area (Å²) < 4.78 is 28.5. The van der Waals surface area contributed by atoms with Crippen LogP contribution in [-0.2, 0) is 23.4 Å². The Hall–Kier alpha value is -3.76. The Morgan fingerprint density at radius 1 is 1.17 bits per heavy atom. The van der Waals surface area contributed by atoms with Crippen molar-refractivity contribution in [3.05, 3.63) is 76.6 Å². The molecule has 3 heterocycles. The van der Waals surface area contributed by atoms with Crippen LogP contribution in [0.25, 0.3) is 21.8 Å². The lowest BCUT2D eigenvalue weighted by Gasteiger charge is -2.09. The Balaban J connectivity index is 1.45. The van der Waals surface area contributed by atoms with Crippen LogP contribution in [-0.4, -0.2) is 39.1 Å². The van der Waals surface area contributed by atoms with Crippen LogP contribution in [0.3, 0.4) is 0 Å². The first-order valence-corrected chi connectivity index (χ1v) is 12.6. The number of H-pyrrole nitrogens is 1. The maximum atomic E-state index is 13.5. The van der Waals surface area contributed by atoms with Gasteiger partial charge in [0.25, 0.3) is 5.91 Å². The van der Waals surface area contributed by atoms with Gasteiger partial charge in [-0.25, -0.2) is 18.4 Å². The van der Waals surface area contributed by atoms with Gasteiger partial charge >= 0.3 is 0 Å². The van der Waals surface area contributed by atoms with E-state index in [0.29, 0.717) is 22.4 Å². The molecule has 0 fully saturated rings. The predicted molar refractivity (Wildman–Crippen MR) is 132 cm³/mol. The third-order valence-electron chi connectivity index (χ3n) is 6.07. The second-order valence-corrected chi connectivity index (χ2v) is 10.6. The number of halogens is 1. The molecule has 1 amide bonds. The van der Waals surface area contributed by atoms with E-state index in [-0.39, 0.29) is 27.1 Å². The molecule has 2 aromatic carbocycles. The highest BCUT2D eigenvalue weighted by molar-refractivity contribution is 7.91. The Morgan fingerprint density at radius 2 is 1.97 bits per heavy atom. The van der Waals surface area contributed by atoms with Crippen molar-refractivity contribution < 1.29 is 13.2 Å². The number of aromatic nitrogens is 5. The van der Waals surface area contributed by atoms with Crippen LogP contribution in [0, 0.1) is 13.8 Å². The predicted octanol–water partition coefficient (Wildman–Crippen LogP) is 3.88. The SMILES string of the molecule is Cc1ncc2c(CNC(=O)c3cc(S(=O)(=O)c4cc(Cl)c5[nH]ncc5c4)c(C)n3C)cccc2n1. The molecule has 0 unspecified atom stereocenters. The number of amides is 1. The minimum Gasteiger partial charge on any atom is -0.347 e. The molecule has 0 aliphatic carbocycles. The summed E-state index contributed by atoms with van der Waals surface area (Å²) in [5, 5.41) is 11.2. The van der Waals surface area contributed by atoms with E-state index >= 15 is 0 Å². The molecular weight excluding hydrogens is 488 g/mol. The molecule has 178 valence electrons. The van der Waals surface area contributed by atoms with E-state index < -0.39 is 15.7 Å². The lowest BCUT2D eigenvalue weighted by Crippen LogP contribution is -2.25. The number of hydrogen-bond acceptors (Lipinski definition) is 6. The summed E-state index contributed by atoms with van der Waals surface area (Å²) in [6, 6.07) is 9.94. The normalized spacial score (nSPS) is 11.9. The highest BCUT2D eigenvalue weighted by Crippen LogP contribution is 2.31. The topological polar surface area (TPSA) is 123 Å². The van der Waals surface area contributed by atoms with Crippen molar-refractivity contribution in [2.75, 3.05) is 0 Å². The fourth-order valence-corrected chi connectivity index (χ4v) is 5.99. The molecular formula is C24H21ClN6O3S. The molecule has 9 nitrogen and oxygen atoms in total. The maximum Gasteiger partial charge on any atom is 0.268 e. The van der Waals surface area contributed by atoms with Gasteiger partial charge in [0.2, 0.25) is 9.84 Å². The zero-order chi connectivity index (χ0) is 24.9. The molecule has 0 aliphatic rings. The van der Waals surface area contributed by atoms with Gasteiger partial charge in [-0.3, -0.25) is 9.89 Å². The molecule has 0 atom stereocenters. The quantitative estimate of drug-likeness (QED) is 0.371. The van der Waals surface area contributed by atoms with Crippen LogP contribution in [0.4, 0.5) is 0 Å². The summed E-state index contributed by atoms with van der Waals surface area (Å²) >= 11 is 6.26. The average molecular weight is 509 g/mol. The molecule has 0 aliphatic heterocycles. The number of nitrogens with zero attached hydrogens (tertiary/aromatic N) is 4. The van der Waals surface area contributed by atoms with Crippen LogP contribution in [0.15, 0.2) is 58.6 Å². The third kappa shape index (κ3) is 3.94. The molecule has 3 aromatic heterocycles. The minimum absolute atomic E-state index is 0.0307. The Kier molecular flexibility index (Phi) is 5.57. The molecule has 2 N–H and O–H groups in total. The zero-order valence-electron chi connectivity index (χ0n) is 19.1. The Bertz CT molecular complexity index is 1740. The molecule has 0 saturated carbocycles. The van der Waals surface area contributed by atoms with E-state index in [0.717, 1.165) is 16.5 Å². The molecule has 5 rings (SSSR count). The second-order valence-electron chi connectivity index (χ2n) is 8.23. The lowest BCUT2D eigenvalue weighted by molar-refractivity contribution is 0.0942. The number of carbonyl (C=O) groups excluding carboxylic acids is 1. The molecule has 35 heavy (non-hydrogen) atoms. The number of hydrogen-bond donors (Lipinski definition) is 2. The number of aryl methyl sites for hydroxylation is 1. The molecule has 0 spiro atoms. The standard InChI is InChI=1S/C24H21ClN6O3S/c1-13-22(35(33,34)17-7-16-11-28-30-23(16)19(25)8-17)9-21(31(13)3)24(32)27-10-15-5-4-6-20-18(15)12-26-14(2)29-20/h4-9,11-12H,10H2,1-3H3,(H,27,32)(H,28,30). The smallest absolute Gasteiger partial charge is 0.268 e. The van der Waals surface area contributed by atoms with Gasteiger partial charge in [0.1, 0.15) is 11.5 Å². The van der Waals surface area contributed by atoms with Crippen molar-refractivity contribution in [3.63, 3.8) is 0 Å². The Morgan fingerprint density at radius 3 is 2.77 bits per heavy atom. The first-order valence-electron chi connectivity index (χ1n) is 10.7. The van der Waals surface area contributed by atoms with Crippen LogP contribution >= 0.6 is 11.6 Å². The van der Waals surface area contributed by atoms with Crippen molar-refractivity contribution in [1.29, 1.82) is 0 Å². The summed E-state index contributed by atoms with van der Waals surface area (Å²) in [5.74, 6) is 0.269. The zero-order valence-corrected chi connectivity index (χ0v) is 20.7. The van der Waals surface area contributed by atoms with Gasteiger partial charge in [-0.05, 0) is 43.7 Å². The van der Waals surface area contributed by atoms with E-state index in [1.807, 2.05) is 25.1 Å². The van der Waals surface area contributed by atoms with Crippen molar-refractivity contribution >= 4 is 49.2 Å². The van der Waals surface area contributed by atoms with E-state index in [1.54, 1.807) is 24.7 Å². The number of benzene rings is 2. The number of sulfone groups is 1. The number of aromatic amines is 1. The van der Waals surface area contributed by atoms with Gasteiger partial charge in [-0.1, -0.05) is 23.7 Å². The van der Waals surface area contributed by atoms with E-state index in [1.165, 1.54) is 24.4 Å². The summed E-state index contributed by atoms with van der Waals surface area (Å²) in [4.78, 5) is 21.8. The fourth-order valence-electron chi connectivity index (χ4n) is 4.06. The molecule has 0 bridgehead atoms. The fraction of sp³-hybridized carbons (Fsp3) is 0.167. The first kappa shape index (κ1) is 23.0. The molecule has 5 aromatic rings. The maximum absolute atomic E-state index is 13.5. The summed E-state index contributed by atoms with van der Waals surface area (Å²) in [7, 11) is -2.28. The largest absolute Gasteiger partial charge is 0.347 e.